The Labute approximate surface area is 113 Å². The zero-order valence-electron chi connectivity index (χ0n) is 11.2. The van der Waals surface area contributed by atoms with Crippen molar-refractivity contribution in [2.24, 2.45) is 5.73 Å². The number of nitrogens with two attached hydrogens (primary N) is 1. The fourth-order valence-electron chi connectivity index (χ4n) is 1.96. The molecule has 2 rings (SSSR count). The van der Waals surface area contributed by atoms with Gasteiger partial charge in [0, 0.05) is 0 Å². The largest absolute Gasteiger partial charge is 0.494 e. The molecule has 0 aliphatic carbocycles. The molecule has 0 spiro atoms. The van der Waals surface area contributed by atoms with Gasteiger partial charge in [0.25, 0.3) is 0 Å². The normalized spacial score (nSPS) is 12.2. The van der Waals surface area contributed by atoms with Crippen LogP contribution < -0.4 is 10.5 Å². The van der Waals surface area contributed by atoms with E-state index >= 15 is 0 Å². The van der Waals surface area contributed by atoms with Crippen LogP contribution in [0.5, 0.6) is 5.75 Å². The van der Waals surface area contributed by atoms with Gasteiger partial charge in [-0.05, 0) is 48.7 Å². The van der Waals surface area contributed by atoms with E-state index < -0.39 is 0 Å². The van der Waals surface area contributed by atoms with Crippen molar-refractivity contribution in [3.8, 4) is 5.75 Å². The van der Waals surface area contributed by atoms with Gasteiger partial charge in [-0.2, -0.15) is 0 Å². The van der Waals surface area contributed by atoms with Crippen molar-refractivity contribution in [3.63, 3.8) is 0 Å². The van der Waals surface area contributed by atoms with Crippen molar-refractivity contribution < 1.29 is 9.13 Å². The zero-order valence-corrected chi connectivity index (χ0v) is 11.2. The van der Waals surface area contributed by atoms with Crippen LogP contribution in [0, 0.1) is 12.7 Å². The van der Waals surface area contributed by atoms with Crippen molar-refractivity contribution in [2.45, 2.75) is 19.9 Å². The van der Waals surface area contributed by atoms with E-state index in [0.717, 1.165) is 16.9 Å². The summed E-state index contributed by atoms with van der Waals surface area (Å²) in [6.07, 6.45) is 0. The summed E-state index contributed by atoms with van der Waals surface area (Å²) in [6.45, 7) is 4.28. The Kier molecular flexibility index (Phi) is 4.17. The van der Waals surface area contributed by atoms with Gasteiger partial charge in [-0.3, -0.25) is 0 Å². The summed E-state index contributed by atoms with van der Waals surface area (Å²) < 4.78 is 19.0. The lowest BCUT2D eigenvalue weighted by atomic mass is 9.98. The van der Waals surface area contributed by atoms with Gasteiger partial charge < -0.3 is 10.5 Å². The molecule has 0 radical (unpaired) electrons. The average Bonchev–Trinajstić information content (AvgIpc) is 2.42. The topological polar surface area (TPSA) is 35.2 Å². The summed E-state index contributed by atoms with van der Waals surface area (Å²) in [7, 11) is 0. The average molecular weight is 259 g/mol. The lowest BCUT2D eigenvalue weighted by Gasteiger charge is -2.14. The third-order valence-electron chi connectivity index (χ3n) is 3.08. The monoisotopic (exact) mass is 259 g/mol. The van der Waals surface area contributed by atoms with Gasteiger partial charge in [-0.25, -0.2) is 4.39 Å². The molecule has 0 aliphatic heterocycles. The molecular formula is C16H18FNO. The van der Waals surface area contributed by atoms with Gasteiger partial charge in [-0.1, -0.05) is 24.3 Å². The van der Waals surface area contributed by atoms with Crippen LogP contribution in [0.2, 0.25) is 0 Å². The number of halogens is 1. The Morgan fingerprint density at radius 2 is 1.89 bits per heavy atom. The number of aryl methyl sites for hydroxylation is 1. The van der Waals surface area contributed by atoms with Gasteiger partial charge in [0.1, 0.15) is 11.6 Å². The highest BCUT2D eigenvalue weighted by Gasteiger charge is 2.11. The van der Waals surface area contributed by atoms with Crippen molar-refractivity contribution in [3.05, 3.63) is 65.0 Å². The summed E-state index contributed by atoms with van der Waals surface area (Å²) >= 11 is 0. The molecule has 0 heterocycles. The molecule has 0 fully saturated rings. The Balaban J connectivity index is 2.29. The lowest BCUT2D eigenvalue weighted by molar-refractivity contribution is 0.340. The SMILES string of the molecule is CCOc1cccc(C(N)c2ccc(C)c(F)c2)c1. The van der Waals surface area contributed by atoms with E-state index in [1.807, 2.05) is 37.3 Å². The predicted molar refractivity (Wildman–Crippen MR) is 74.8 cm³/mol. The predicted octanol–water partition coefficient (Wildman–Crippen LogP) is 3.58. The Morgan fingerprint density at radius 1 is 1.16 bits per heavy atom. The number of ether oxygens (including phenoxy) is 1. The second-order valence-corrected chi connectivity index (χ2v) is 4.49. The molecule has 2 nitrogen and oxygen atoms in total. The lowest BCUT2D eigenvalue weighted by Crippen LogP contribution is -2.12. The van der Waals surface area contributed by atoms with E-state index in [1.54, 1.807) is 13.0 Å². The summed E-state index contributed by atoms with van der Waals surface area (Å²) in [5.41, 5.74) is 8.47. The van der Waals surface area contributed by atoms with Gasteiger partial charge >= 0.3 is 0 Å². The molecule has 2 aromatic carbocycles. The van der Waals surface area contributed by atoms with Gasteiger partial charge in [0.05, 0.1) is 12.6 Å². The fourth-order valence-corrected chi connectivity index (χ4v) is 1.96. The summed E-state index contributed by atoms with van der Waals surface area (Å²) in [5, 5.41) is 0. The summed E-state index contributed by atoms with van der Waals surface area (Å²) in [6, 6.07) is 12.3. The van der Waals surface area contributed by atoms with Crippen LogP contribution in [0.25, 0.3) is 0 Å². The Morgan fingerprint density at radius 3 is 2.58 bits per heavy atom. The maximum Gasteiger partial charge on any atom is 0.126 e. The van der Waals surface area contributed by atoms with Gasteiger partial charge in [-0.15, -0.1) is 0 Å². The van der Waals surface area contributed by atoms with Crippen LogP contribution in [-0.4, -0.2) is 6.61 Å². The van der Waals surface area contributed by atoms with E-state index in [1.165, 1.54) is 6.07 Å². The highest BCUT2D eigenvalue weighted by atomic mass is 19.1. The highest BCUT2D eigenvalue weighted by Crippen LogP contribution is 2.24. The first-order valence-corrected chi connectivity index (χ1v) is 6.36. The quantitative estimate of drug-likeness (QED) is 0.910. The van der Waals surface area contributed by atoms with Crippen LogP contribution in [0.4, 0.5) is 4.39 Å². The second-order valence-electron chi connectivity index (χ2n) is 4.49. The summed E-state index contributed by atoms with van der Waals surface area (Å²) in [5.74, 6) is 0.553. The van der Waals surface area contributed by atoms with E-state index in [9.17, 15) is 4.39 Å². The van der Waals surface area contributed by atoms with Crippen LogP contribution in [0.15, 0.2) is 42.5 Å². The Bertz CT molecular complexity index is 568. The molecular weight excluding hydrogens is 241 g/mol. The molecule has 1 unspecified atom stereocenters. The molecule has 3 heteroatoms. The highest BCUT2D eigenvalue weighted by molar-refractivity contribution is 5.37. The second kappa shape index (κ2) is 5.85. The Hall–Kier alpha value is -1.87. The first-order chi connectivity index (χ1) is 9.11. The van der Waals surface area contributed by atoms with Crippen LogP contribution >= 0.6 is 0 Å². The molecule has 0 aliphatic rings. The third kappa shape index (κ3) is 3.12. The first kappa shape index (κ1) is 13.6. The molecule has 2 N–H and O–H groups in total. The van der Waals surface area contributed by atoms with Crippen molar-refractivity contribution in [1.82, 2.24) is 0 Å². The summed E-state index contributed by atoms with van der Waals surface area (Å²) in [4.78, 5) is 0. The molecule has 1 atom stereocenters. The number of hydrogen-bond acceptors (Lipinski definition) is 2. The smallest absolute Gasteiger partial charge is 0.126 e. The van der Waals surface area contributed by atoms with Crippen molar-refractivity contribution in [2.75, 3.05) is 6.61 Å². The van der Waals surface area contributed by atoms with E-state index in [-0.39, 0.29) is 11.9 Å². The minimum absolute atomic E-state index is 0.228. The number of benzene rings is 2. The fraction of sp³-hybridized carbons (Fsp3) is 0.250. The maximum absolute atomic E-state index is 13.6. The third-order valence-corrected chi connectivity index (χ3v) is 3.08. The van der Waals surface area contributed by atoms with E-state index in [2.05, 4.69) is 0 Å². The molecule has 0 saturated heterocycles. The van der Waals surface area contributed by atoms with Gasteiger partial charge in [0.15, 0.2) is 0 Å². The van der Waals surface area contributed by atoms with Crippen molar-refractivity contribution >= 4 is 0 Å². The van der Waals surface area contributed by atoms with E-state index in [4.69, 9.17) is 10.5 Å². The molecule has 0 bridgehead atoms. The van der Waals surface area contributed by atoms with Crippen LogP contribution in [0.1, 0.15) is 29.7 Å². The minimum atomic E-state index is -0.351. The van der Waals surface area contributed by atoms with Crippen LogP contribution in [0.3, 0.4) is 0 Å². The maximum atomic E-state index is 13.6. The first-order valence-electron chi connectivity index (χ1n) is 6.36. The minimum Gasteiger partial charge on any atom is -0.494 e. The molecule has 0 amide bonds. The molecule has 100 valence electrons. The molecule has 2 aromatic rings. The zero-order chi connectivity index (χ0) is 13.8. The van der Waals surface area contributed by atoms with Gasteiger partial charge in [0.2, 0.25) is 0 Å². The van der Waals surface area contributed by atoms with Crippen LogP contribution in [-0.2, 0) is 0 Å². The van der Waals surface area contributed by atoms with E-state index in [0.29, 0.717) is 12.2 Å². The number of rotatable bonds is 4. The molecule has 0 aromatic heterocycles. The standard InChI is InChI=1S/C16H18FNO/c1-3-19-14-6-4-5-12(9-14)16(18)13-8-7-11(2)15(17)10-13/h4-10,16H,3,18H2,1-2H3. The molecule has 19 heavy (non-hydrogen) atoms. The van der Waals surface area contributed by atoms with Crippen molar-refractivity contribution in [1.29, 1.82) is 0 Å². The molecule has 0 saturated carbocycles. The number of hydrogen-bond donors (Lipinski definition) is 1.